The summed E-state index contributed by atoms with van der Waals surface area (Å²) in [6, 6.07) is 8.74. The smallest absolute Gasteiger partial charge is 0.191 e. The molecule has 1 aliphatic rings. The predicted octanol–water partition coefficient (Wildman–Crippen LogP) is 3.15. The van der Waals surface area contributed by atoms with Crippen molar-refractivity contribution in [1.29, 1.82) is 0 Å². The molecule has 2 rings (SSSR count). The SMILES string of the molecule is CCNC(=NCc1cccc(CN2CCOC(C)C2)c1)NCC(CC)(CC)CCO. The number of aliphatic imine (C=N–C) groups is 1. The number of nitrogens with zero attached hydrogens (tertiary/aromatic N) is 2. The molecule has 1 aliphatic heterocycles. The molecule has 0 aliphatic carbocycles. The van der Waals surface area contributed by atoms with Crippen molar-refractivity contribution in [1.82, 2.24) is 15.5 Å². The van der Waals surface area contributed by atoms with Crippen LogP contribution in [0.1, 0.15) is 58.1 Å². The van der Waals surface area contributed by atoms with E-state index in [9.17, 15) is 5.11 Å². The minimum absolute atomic E-state index is 0.111. The lowest BCUT2D eigenvalue weighted by Gasteiger charge is -2.32. The average molecular weight is 419 g/mol. The number of aliphatic hydroxyl groups is 1. The summed E-state index contributed by atoms with van der Waals surface area (Å²) in [5.74, 6) is 0.842. The van der Waals surface area contributed by atoms with Gasteiger partial charge in [0.1, 0.15) is 0 Å². The van der Waals surface area contributed by atoms with Crippen molar-refractivity contribution in [2.24, 2.45) is 10.4 Å². The van der Waals surface area contributed by atoms with Crippen LogP contribution in [0.25, 0.3) is 0 Å². The molecule has 1 saturated heterocycles. The van der Waals surface area contributed by atoms with Crippen molar-refractivity contribution in [2.75, 3.05) is 39.4 Å². The Morgan fingerprint density at radius 1 is 1.23 bits per heavy atom. The van der Waals surface area contributed by atoms with Crippen LogP contribution in [0.2, 0.25) is 0 Å². The molecule has 0 bridgehead atoms. The van der Waals surface area contributed by atoms with Crippen molar-refractivity contribution in [3.63, 3.8) is 0 Å². The van der Waals surface area contributed by atoms with Gasteiger partial charge in [-0.25, -0.2) is 4.99 Å². The Labute approximate surface area is 183 Å². The van der Waals surface area contributed by atoms with Crippen molar-refractivity contribution in [2.45, 2.75) is 66.2 Å². The van der Waals surface area contributed by atoms with Gasteiger partial charge in [0, 0.05) is 39.3 Å². The minimum atomic E-state index is 0.111. The Morgan fingerprint density at radius 3 is 2.67 bits per heavy atom. The highest BCUT2D eigenvalue weighted by Crippen LogP contribution is 2.29. The van der Waals surface area contributed by atoms with E-state index in [0.29, 0.717) is 12.6 Å². The third-order valence-corrected chi connectivity index (χ3v) is 6.26. The van der Waals surface area contributed by atoms with E-state index in [1.54, 1.807) is 0 Å². The fraction of sp³-hybridized carbons (Fsp3) is 0.708. The van der Waals surface area contributed by atoms with Crippen LogP contribution in [0, 0.1) is 5.41 Å². The van der Waals surface area contributed by atoms with Crippen molar-refractivity contribution < 1.29 is 9.84 Å². The normalized spacial score (nSPS) is 18.4. The number of hydrogen-bond donors (Lipinski definition) is 3. The van der Waals surface area contributed by atoms with E-state index in [1.807, 2.05) is 0 Å². The molecule has 1 fully saturated rings. The first-order valence-corrected chi connectivity index (χ1v) is 11.6. The maximum Gasteiger partial charge on any atom is 0.191 e. The third-order valence-electron chi connectivity index (χ3n) is 6.26. The summed E-state index contributed by atoms with van der Waals surface area (Å²) in [6.45, 7) is 14.9. The van der Waals surface area contributed by atoms with Crippen LogP contribution < -0.4 is 10.6 Å². The maximum atomic E-state index is 9.46. The zero-order valence-corrected chi connectivity index (χ0v) is 19.4. The molecule has 1 aromatic carbocycles. The first kappa shape index (κ1) is 24.6. The van der Waals surface area contributed by atoms with Crippen LogP contribution in [0.15, 0.2) is 29.3 Å². The van der Waals surface area contributed by atoms with Crippen LogP contribution in [0.5, 0.6) is 0 Å². The summed E-state index contributed by atoms with van der Waals surface area (Å²) in [5.41, 5.74) is 2.66. The van der Waals surface area contributed by atoms with Gasteiger partial charge in [-0.05, 0) is 49.7 Å². The molecule has 0 aromatic heterocycles. The number of guanidine groups is 1. The highest BCUT2D eigenvalue weighted by atomic mass is 16.5. The van der Waals surface area contributed by atoms with Crippen LogP contribution >= 0.6 is 0 Å². The van der Waals surface area contributed by atoms with Crippen LogP contribution in [0.3, 0.4) is 0 Å². The summed E-state index contributed by atoms with van der Waals surface area (Å²) in [6.07, 6.45) is 3.20. The van der Waals surface area contributed by atoms with Gasteiger partial charge in [0.15, 0.2) is 5.96 Å². The second-order valence-corrected chi connectivity index (χ2v) is 8.47. The Morgan fingerprint density at radius 2 is 2.00 bits per heavy atom. The molecule has 0 amide bonds. The number of ether oxygens (including phenoxy) is 1. The predicted molar refractivity (Wildman–Crippen MR) is 125 cm³/mol. The zero-order chi connectivity index (χ0) is 21.8. The van der Waals surface area contributed by atoms with Gasteiger partial charge in [0.2, 0.25) is 0 Å². The van der Waals surface area contributed by atoms with Crippen LogP contribution in [0.4, 0.5) is 0 Å². The zero-order valence-electron chi connectivity index (χ0n) is 19.4. The summed E-state index contributed by atoms with van der Waals surface area (Å²) in [5, 5.41) is 16.3. The van der Waals surface area contributed by atoms with E-state index >= 15 is 0 Å². The fourth-order valence-corrected chi connectivity index (χ4v) is 4.08. The van der Waals surface area contributed by atoms with E-state index in [1.165, 1.54) is 11.1 Å². The number of hydrogen-bond acceptors (Lipinski definition) is 4. The van der Waals surface area contributed by atoms with Gasteiger partial charge in [0.25, 0.3) is 0 Å². The largest absolute Gasteiger partial charge is 0.396 e. The molecule has 170 valence electrons. The molecule has 0 radical (unpaired) electrons. The van der Waals surface area contributed by atoms with Gasteiger partial charge in [-0.15, -0.1) is 0 Å². The lowest BCUT2D eigenvalue weighted by atomic mass is 9.79. The minimum Gasteiger partial charge on any atom is -0.396 e. The van der Waals surface area contributed by atoms with E-state index < -0.39 is 0 Å². The molecule has 1 heterocycles. The number of morpholine rings is 1. The third kappa shape index (κ3) is 7.89. The lowest BCUT2D eigenvalue weighted by Crippen LogP contribution is -2.43. The molecule has 1 aromatic rings. The number of benzene rings is 1. The molecular formula is C24H42N4O2. The Bertz CT molecular complexity index is 646. The van der Waals surface area contributed by atoms with Crippen molar-refractivity contribution in [3.8, 4) is 0 Å². The van der Waals surface area contributed by atoms with E-state index in [-0.39, 0.29) is 12.0 Å². The van der Waals surface area contributed by atoms with Gasteiger partial charge in [-0.3, -0.25) is 4.90 Å². The molecule has 6 nitrogen and oxygen atoms in total. The Hall–Kier alpha value is -1.63. The molecule has 6 heteroatoms. The average Bonchev–Trinajstić information content (AvgIpc) is 2.75. The summed E-state index contributed by atoms with van der Waals surface area (Å²) in [4.78, 5) is 7.27. The quantitative estimate of drug-likeness (QED) is 0.380. The highest BCUT2D eigenvalue weighted by molar-refractivity contribution is 5.79. The fourth-order valence-electron chi connectivity index (χ4n) is 4.08. The Kier molecular flexibility index (Phi) is 10.6. The number of nitrogens with one attached hydrogen (secondary N) is 2. The standard InChI is InChI=1S/C24H42N4O2/c1-5-24(6-2,11-13-29)19-27-23(25-7-3)26-16-21-9-8-10-22(15-21)18-28-12-14-30-20(4)17-28/h8-10,15,20,29H,5-7,11-14,16-19H2,1-4H3,(H2,25,26,27). The first-order chi connectivity index (χ1) is 14.5. The molecular weight excluding hydrogens is 376 g/mol. The topological polar surface area (TPSA) is 69.1 Å². The van der Waals surface area contributed by atoms with Gasteiger partial charge in [0.05, 0.1) is 19.3 Å². The summed E-state index contributed by atoms with van der Waals surface area (Å²) < 4.78 is 5.65. The second kappa shape index (κ2) is 12.9. The molecule has 1 atom stereocenters. The van der Waals surface area contributed by atoms with E-state index in [4.69, 9.17) is 9.73 Å². The highest BCUT2D eigenvalue weighted by Gasteiger charge is 2.25. The molecule has 1 unspecified atom stereocenters. The van der Waals surface area contributed by atoms with Gasteiger partial charge in [-0.1, -0.05) is 38.1 Å². The van der Waals surface area contributed by atoms with E-state index in [0.717, 1.165) is 64.6 Å². The van der Waals surface area contributed by atoms with Gasteiger partial charge in [-0.2, -0.15) is 0 Å². The number of aliphatic hydroxyl groups excluding tert-OH is 1. The number of rotatable bonds is 11. The second-order valence-electron chi connectivity index (χ2n) is 8.47. The van der Waals surface area contributed by atoms with Crippen LogP contribution in [-0.4, -0.2) is 61.5 Å². The van der Waals surface area contributed by atoms with E-state index in [2.05, 4.69) is 67.5 Å². The maximum absolute atomic E-state index is 9.46. The summed E-state index contributed by atoms with van der Waals surface area (Å²) >= 11 is 0. The first-order valence-electron chi connectivity index (χ1n) is 11.6. The van der Waals surface area contributed by atoms with Gasteiger partial charge < -0.3 is 20.5 Å². The monoisotopic (exact) mass is 418 g/mol. The molecule has 0 spiro atoms. The molecule has 0 saturated carbocycles. The summed E-state index contributed by atoms with van der Waals surface area (Å²) in [7, 11) is 0. The van der Waals surface area contributed by atoms with Crippen molar-refractivity contribution >= 4 is 5.96 Å². The van der Waals surface area contributed by atoms with Crippen molar-refractivity contribution in [3.05, 3.63) is 35.4 Å². The molecule has 3 N–H and O–H groups in total. The Balaban J connectivity index is 1.98. The van der Waals surface area contributed by atoms with Gasteiger partial charge >= 0.3 is 0 Å². The van der Waals surface area contributed by atoms with Crippen LogP contribution in [-0.2, 0) is 17.8 Å². The molecule has 30 heavy (non-hydrogen) atoms. The lowest BCUT2D eigenvalue weighted by molar-refractivity contribution is -0.0212.